The third-order valence-electron chi connectivity index (χ3n) is 1.91. The molecule has 1 aromatic rings. The van der Waals surface area contributed by atoms with Gasteiger partial charge in [0, 0.05) is 11.8 Å². The fraction of sp³-hybridized carbons (Fsp3) is 0.700. The molecule has 14 heavy (non-hydrogen) atoms. The average molecular weight is 213 g/mol. The molecule has 1 aromatic heterocycles. The topological polar surface area (TPSA) is 43.8 Å². The van der Waals surface area contributed by atoms with Gasteiger partial charge in [0.15, 0.2) is 0 Å². The van der Waals surface area contributed by atoms with Gasteiger partial charge in [-0.05, 0) is 13.3 Å². The highest BCUT2D eigenvalue weighted by Gasteiger charge is 2.13. The molecule has 80 valence electrons. The number of anilines is 1. The van der Waals surface area contributed by atoms with Crippen LogP contribution in [0.2, 0.25) is 0 Å². The minimum absolute atomic E-state index is 0.545. The molecule has 0 aliphatic rings. The summed E-state index contributed by atoms with van der Waals surface area (Å²) in [6, 6.07) is 0. The minimum Gasteiger partial charge on any atom is -0.395 e. The number of hydrogen-bond donors (Lipinski definition) is 1. The fourth-order valence-electron chi connectivity index (χ4n) is 1.29. The molecule has 0 unspecified atom stereocenters. The van der Waals surface area contributed by atoms with Crippen LogP contribution in [0.3, 0.4) is 0 Å². The predicted molar refractivity (Wildman–Crippen MR) is 62.7 cm³/mol. The van der Waals surface area contributed by atoms with Crippen LogP contribution in [0.15, 0.2) is 5.03 Å². The maximum Gasteiger partial charge on any atom is 0.118 e. The first-order valence-electron chi connectivity index (χ1n) is 5.05. The van der Waals surface area contributed by atoms with Gasteiger partial charge in [-0.2, -0.15) is 5.10 Å². The van der Waals surface area contributed by atoms with Crippen molar-refractivity contribution in [3.63, 3.8) is 0 Å². The summed E-state index contributed by atoms with van der Waals surface area (Å²) in [6.45, 7) is 9.40. The van der Waals surface area contributed by atoms with E-state index >= 15 is 0 Å². The van der Waals surface area contributed by atoms with Crippen molar-refractivity contribution in [1.82, 2.24) is 9.78 Å². The van der Waals surface area contributed by atoms with Crippen molar-refractivity contribution < 1.29 is 0 Å². The molecule has 0 spiro atoms. The van der Waals surface area contributed by atoms with E-state index in [1.54, 1.807) is 11.8 Å². The number of rotatable bonds is 4. The molecule has 3 nitrogen and oxygen atoms in total. The summed E-state index contributed by atoms with van der Waals surface area (Å²) in [7, 11) is 0. The molecule has 0 aromatic carbocycles. The van der Waals surface area contributed by atoms with Crippen molar-refractivity contribution in [3.05, 3.63) is 5.69 Å². The second kappa shape index (κ2) is 4.73. The Kier molecular flexibility index (Phi) is 3.86. The molecule has 0 amide bonds. The maximum atomic E-state index is 5.98. The van der Waals surface area contributed by atoms with Crippen LogP contribution in [0.25, 0.3) is 0 Å². The molecule has 0 radical (unpaired) electrons. The molecule has 1 heterocycles. The lowest BCUT2D eigenvalue weighted by Crippen LogP contribution is -2.03. The monoisotopic (exact) mass is 213 g/mol. The van der Waals surface area contributed by atoms with E-state index in [4.69, 9.17) is 5.73 Å². The Morgan fingerprint density at radius 2 is 2.14 bits per heavy atom. The van der Waals surface area contributed by atoms with Gasteiger partial charge in [0.05, 0.1) is 11.4 Å². The van der Waals surface area contributed by atoms with Crippen LogP contribution in [0, 0.1) is 6.92 Å². The van der Waals surface area contributed by atoms with Crippen LogP contribution in [0.1, 0.15) is 32.9 Å². The van der Waals surface area contributed by atoms with Gasteiger partial charge in [-0.25, -0.2) is 0 Å². The normalized spacial score (nSPS) is 11.2. The third kappa shape index (κ3) is 2.44. The first-order valence-corrected chi connectivity index (χ1v) is 5.93. The lowest BCUT2D eigenvalue weighted by Gasteiger charge is -2.08. The number of nitrogen functional groups attached to an aromatic ring is 1. The summed E-state index contributed by atoms with van der Waals surface area (Å²) in [5.41, 5.74) is 7.77. The zero-order chi connectivity index (χ0) is 10.7. The highest BCUT2D eigenvalue weighted by atomic mass is 32.2. The molecular formula is C10H19N3S. The molecule has 4 heteroatoms. The number of aryl methyl sites for hydroxylation is 2. The quantitative estimate of drug-likeness (QED) is 0.782. The van der Waals surface area contributed by atoms with Crippen molar-refractivity contribution in [2.75, 3.05) is 5.73 Å². The minimum atomic E-state index is 0.545. The predicted octanol–water partition coefficient (Wildman–Crippen LogP) is 2.68. The average Bonchev–Trinajstić information content (AvgIpc) is 2.33. The zero-order valence-corrected chi connectivity index (χ0v) is 10.2. The first kappa shape index (κ1) is 11.4. The highest BCUT2D eigenvalue weighted by molar-refractivity contribution is 8.00. The van der Waals surface area contributed by atoms with Crippen LogP contribution in [0.4, 0.5) is 5.69 Å². The Hall–Kier alpha value is -0.640. The molecule has 0 bridgehead atoms. The number of thioether (sulfide) groups is 1. The lowest BCUT2D eigenvalue weighted by molar-refractivity contribution is 0.555. The number of nitrogens with zero attached hydrogens (tertiary/aromatic N) is 2. The molecule has 0 aliphatic heterocycles. The summed E-state index contributed by atoms with van der Waals surface area (Å²) in [4.78, 5) is 0. The van der Waals surface area contributed by atoms with E-state index in [0.29, 0.717) is 5.25 Å². The van der Waals surface area contributed by atoms with Crippen molar-refractivity contribution in [2.24, 2.45) is 0 Å². The van der Waals surface area contributed by atoms with E-state index in [1.807, 2.05) is 11.6 Å². The van der Waals surface area contributed by atoms with Crippen molar-refractivity contribution >= 4 is 17.4 Å². The van der Waals surface area contributed by atoms with Gasteiger partial charge in [-0.3, -0.25) is 4.68 Å². The SMILES string of the molecule is CCCn1nc(C)c(N)c1SC(C)C. The van der Waals surface area contributed by atoms with Gasteiger partial charge in [-0.15, -0.1) is 11.8 Å². The molecular weight excluding hydrogens is 194 g/mol. The van der Waals surface area contributed by atoms with Crippen LogP contribution >= 0.6 is 11.8 Å². The summed E-state index contributed by atoms with van der Waals surface area (Å²) in [5, 5.41) is 6.09. The Morgan fingerprint density at radius 1 is 1.50 bits per heavy atom. The maximum absolute atomic E-state index is 5.98. The summed E-state index contributed by atoms with van der Waals surface area (Å²) < 4.78 is 2.02. The van der Waals surface area contributed by atoms with Gasteiger partial charge < -0.3 is 5.73 Å². The summed E-state index contributed by atoms with van der Waals surface area (Å²) in [6.07, 6.45) is 1.09. The van der Waals surface area contributed by atoms with Crippen LogP contribution in [-0.4, -0.2) is 15.0 Å². The first-order chi connectivity index (χ1) is 6.56. The molecule has 1 rings (SSSR count). The van der Waals surface area contributed by atoms with Gasteiger partial charge >= 0.3 is 0 Å². The molecule has 0 fully saturated rings. The van der Waals surface area contributed by atoms with E-state index < -0.39 is 0 Å². The van der Waals surface area contributed by atoms with Gasteiger partial charge in [0.2, 0.25) is 0 Å². The van der Waals surface area contributed by atoms with Crippen LogP contribution in [0.5, 0.6) is 0 Å². The van der Waals surface area contributed by atoms with E-state index in [-0.39, 0.29) is 0 Å². The molecule has 0 aliphatic carbocycles. The van der Waals surface area contributed by atoms with Gasteiger partial charge in [-0.1, -0.05) is 20.8 Å². The van der Waals surface area contributed by atoms with Crippen molar-refractivity contribution in [3.8, 4) is 0 Å². The molecule has 0 saturated carbocycles. The molecule has 0 saturated heterocycles. The smallest absolute Gasteiger partial charge is 0.118 e. The van der Waals surface area contributed by atoms with Crippen molar-refractivity contribution in [2.45, 2.75) is 50.9 Å². The second-order valence-electron chi connectivity index (χ2n) is 3.69. The second-order valence-corrected chi connectivity index (χ2v) is 5.26. The Labute approximate surface area is 90.1 Å². The van der Waals surface area contributed by atoms with Gasteiger partial charge in [0.1, 0.15) is 5.03 Å². The van der Waals surface area contributed by atoms with E-state index in [9.17, 15) is 0 Å². The Morgan fingerprint density at radius 3 is 2.64 bits per heavy atom. The van der Waals surface area contributed by atoms with E-state index in [2.05, 4.69) is 25.9 Å². The van der Waals surface area contributed by atoms with E-state index in [0.717, 1.165) is 29.4 Å². The van der Waals surface area contributed by atoms with E-state index in [1.165, 1.54) is 0 Å². The molecule has 0 atom stereocenters. The largest absolute Gasteiger partial charge is 0.395 e. The fourth-order valence-corrected chi connectivity index (χ4v) is 2.26. The Bertz CT molecular complexity index is 305. The van der Waals surface area contributed by atoms with Gasteiger partial charge in [0.25, 0.3) is 0 Å². The summed E-state index contributed by atoms with van der Waals surface area (Å²) >= 11 is 1.79. The Balaban J connectivity index is 2.97. The number of hydrogen-bond acceptors (Lipinski definition) is 3. The number of nitrogens with two attached hydrogens (primary N) is 1. The summed E-state index contributed by atoms with van der Waals surface area (Å²) in [5.74, 6) is 0. The zero-order valence-electron chi connectivity index (χ0n) is 9.37. The van der Waals surface area contributed by atoms with Crippen LogP contribution < -0.4 is 5.73 Å². The molecule has 2 N–H and O–H groups in total. The lowest BCUT2D eigenvalue weighted by atomic mass is 10.4. The number of aromatic nitrogens is 2. The van der Waals surface area contributed by atoms with Crippen molar-refractivity contribution in [1.29, 1.82) is 0 Å². The highest BCUT2D eigenvalue weighted by Crippen LogP contribution is 2.30. The van der Waals surface area contributed by atoms with Crippen LogP contribution in [-0.2, 0) is 6.54 Å². The third-order valence-corrected chi connectivity index (χ3v) is 3.03. The standard InChI is InChI=1S/C10H19N3S/c1-5-6-13-10(14-7(2)3)9(11)8(4)12-13/h7H,5-6,11H2,1-4H3.